The molecule has 2 aromatic rings. The second-order valence-electron chi connectivity index (χ2n) is 4.55. The first kappa shape index (κ1) is 13.4. The van der Waals surface area contributed by atoms with Crippen LogP contribution in [-0.2, 0) is 13.2 Å². The molecule has 0 unspecified atom stereocenters. The third-order valence-electron chi connectivity index (χ3n) is 3.24. The Morgan fingerprint density at radius 3 is 2.21 bits per heavy atom. The molecule has 2 aromatic carbocycles. The van der Waals surface area contributed by atoms with E-state index in [0.717, 1.165) is 30.0 Å². The number of para-hydroxylation sites is 2. The number of aliphatic hydroxyl groups is 1. The fraction of sp³-hybridized carbons (Fsp3) is 0.250. The maximum atomic E-state index is 9.04. The Labute approximate surface area is 114 Å². The molecule has 0 heterocycles. The van der Waals surface area contributed by atoms with Crippen LogP contribution in [0.3, 0.4) is 0 Å². The highest BCUT2D eigenvalue weighted by molar-refractivity contribution is 5.67. The molecule has 2 rings (SSSR count). The van der Waals surface area contributed by atoms with E-state index in [2.05, 4.69) is 11.8 Å². The van der Waals surface area contributed by atoms with Crippen LogP contribution in [0.5, 0.6) is 0 Å². The second kappa shape index (κ2) is 6.25. The van der Waals surface area contributed by atoms with Gasteiger partial charge in [-0.15, -0.1) is 0 Å². The van der Waals surface area contributed by atoms with Crippen LogP contribution < -0.4 is 10.6 Å². The molecule has 19 heavy (non-hydrogen) atoms. The predicted molar refractivity (Wildman–Crippen MR) is 79.9 cm³/mol. The lowest BCUT2D eigenvalue weighted by Gasteiger charge is -2.24. The van der Waals surface area contributed by atoms with Crippen molar-refractivity contribution in [2.24, 2.45) is 0 Å². The van der Waals surface area contributed by atoms with E-state index in [1.54, 1.807) is 0 Å². The summed E-state index contributed by atoms with van der Waals surface area (Å²) in [4.78, 5) is 2.24. The zero-order valence-electron chi connectivity index (χ0n) is 11.2. The fourth-order valence-corrected chi connectivity index (χ4v) is 2.11. The van der Waals surface area contributed by atoms with Crippen LogP contribution in [0.1, 0.15) is 18.1 Å². The molecule has 0 amide bonds. The van der Waals surface area contributed by atoms with Crippen molar-refractivity contribution in [1.29, 1.82) is 0 Å². The number of nitrogen functional groups attached to an aromatic ring is 1. The molecule has 0 aromatic heterocycles. The molecule has 0 aliphatic heterocycles. The maximum Gasteiger partial charge on any atom is 0.0681 e. The first-order valence-electron chi connectivity index (χ1n) is 6.52. The van der Waals surface area contributed by atoms with Crippen molar-refractivity contribution in [3.8, 4) is 0 Å². The minimum atomic E-state index is 0.0867. The Morgan fingerprint density at radius 1 is 1.00 bits per heavy atom. The van der Waals surface area contributed by atoms with Gasteiger partial charge in [-0.1, -0.05) is 36.4 Å². The van der Waals surface area contributed by atoms with Gasteiger partial charge in [-0.05, 0) is 30.2 Å². The summed E-state index contributed by atoms with van der Waals surface area (Å²) in [5.74, 6) is 0. The summed E-state index contributed by atoms with van der Waals surface area (Å²) in [5, 5.41) is 9.04. The third kappa shape index (κ3) is 3.26. The summed E-state index contributed by atoms with van der Waals surface area (Å²) < 4.78 is 0. The first-order chi connectivity index (χ1) is 9.24. The summed E-state index contributed by atoms with van der Waals surface area (Å²) in [5.41, 5.74) is 10.0. The normalized spacial score (nSPS) is 10.4. The maximum absolute atomic E-state index is 9.04. The van der Waals surface area contributed by atoms with E-state index < -0.39 is 0 Å². The highest BCUT2D eigenvalue weighted by Crippen LogP contribution is 2.24. The van der Waals surface area contributed by atoms with E-state index in [1.165, 1.54) is 5.56 Å². The predicted octanol–water partition coefficient (Wildman–Crippen LogP) is 2.79. The highest BCUT2D eigenvalue weighted by atomic mass is 16.3. The molecule has 0 saturated carbocycles. The van der Waals surface area contributed by atoms with Crippen LogP contribution in [0.4, 0.5) is 11.4 Å². The number of anilines is 2. The number of rotatable bonds is 5. The Morgan fingerprint density at radius 2 is 1.63 bits per heavy atom. The summed E-state index contributed by atoms with van der Waals surface area (Å²) >= 11 is 0. The monoisotopic (exact) mass is 256 g/mol. The van der Waals surface area contributed by atoms with E-state index >= 15 is 0 Å². The first-order valence-corrected chi connectivity index (χ1v) is 6.52. The van der Waals surface area contributed by atoms with Gasteiger partial charge in [0.2, 0.25) is 0 Å². The molecule has 0 saturated heterocycles. The summed E-state index contributed by atoms with van der Waals surface area (Å²) in [6.07, 6.45) is 0. The Bertz CT molecular complexity index is 523. The zero-order chi connectivity index (χ0) is 13.7. The number of nitrogens with zero attached hydrogens (tertiary/aromatic N) is 1. The molecule has 0 bridgehead atoms. The van der Waals surface area contributed by atoms with Gasteiger partial charge in [0.15, 0.2) is 0 Å². The molecule has 0 fully saturated rings. The van der Waals surface area contributed by atoms with E-state index in [1.807, 2.05) is 48.5 Å². The van der Waals surface area contributed by atoms with Crippen LogP contribution in [-0.4, -0.2) is 11.7 Å². The fourth-order valence-electron chi connectivity index (χ4n) is 2.11. The van der Waals surface area contributed by atoms with Crippen molar-refractivity contribution < 1.29 is 5.11 Å². The minimum Gasteiger partial charge on any atom is -0.397 e. The Hall–Kier alpha value is -2.00. The standard InChI is InChI=1S/C16H20N2O/c1-2-18(16-6-4-3-5-15(16)17)11-13-7-9-14(12-19)10-8-13/h3-10,19H,2,11-12,17H2,1H3. The van der Waals surface area contributed by atoms with E-state index in [4.69, 9.17) is 10.8 Å². The molecule has 3 nitrogen and oxygen atoms in total. The molecular weight excluding hydrogens is 236 g/mol. The van der Waals surface area contributed by atoms with Gasteiger partial charge in [0, 0.05) is 13.1 Å². The van der Waals surface area contributed by atoms with Crippen LogP contribution in [0.25, 0.3) is 0 Å². The van der Waals surface area contributed by atoms with Gasteiger partial charge >= 0.3 is 0 Å². The molecule has 0 spiro atoms. The van der Waals surface area contributed by atoms with Gasteiger partial charge < -0.3 is 15.7 Å². The quantitative estimate of drug-likeness (QED) is 0.809. The molecule has 100 valence electrons. The molecule has 3 N–H and O–H groups in total. The number of benzene rings is 2. The topological polar surface area (TPSA) is 49.5 Å². The van der Waals surface area contributed by atoms with Gasteiger partial charge in [0.05, 0.1) is 18.0 Å². The summed E-state index contributed by atoms with van der Waals surface area (Å²) in [7, 11) is 0. The van der Waals surface area contributed by atoms with E-state index in [0.29, 0.717) is 0 Å². The molecule has 3 heteroatoms. The van der Waals surface area contributed by atoms with Crippen LogP contribution in [0.15, 0.2) is 48.5 Å². The van der Waals surface area contributed by atoms with Crippen molar-refractivity contribution in [3.63, 3.8) is 0 Å². The summed E-state index contributed by atoms with van der Waals surface area (Å²) in [6.45, 7) is 3.92. The molecule has 0 radical (unpaired) electrons. The van der Waals surface area contributed by atoms with Gasteiger partial charge in [0.25, 0.3) is 0 Å². The van der Waals surface area contributed by atoms with Crippen molar-refractivity contribution in [2.75, 3.05) is 17.2 Å². The van der Waals surface area contributed by atoms with E-state index in [9.17, 15) is 0 Å². The van der Waals surface area contributed by atoms with Crippen molar-refractivity contribution >= 4 is 11.4 Å². The minimum absolute atomic E-state index is 0.0867. The smallest absolute Gasteiger partial charge is 0.0681 e. The van der Waals surface area contributed by atoms with Crippen LogP contribution >= 0.6 is 0 Å². The second-order valence-corrected chi connectivity index (χ2v) is 4.55. The zero-order valence-corrected chi connectivity index (χ0v) is 11.2. The van der Waals surface area contributed by atoms with E-state index in [-0.39, 0.29) is 6.61 Å². The third-order valence-corrected chi connectivity index (χ3v) is 3.24. The van der Waals surface area contributed by atoms with Gasteiger partial charge in [-0.3, -0.25) is 0 Å². The lowest BCUT2D eigenvalue weighted by atomic mass is 10.1. The van der Waals surface area contributed by atoms with Crippen LogP contribution in [0.2, 0.25) is 0 Å². The number of hydrogen-bond donors (Lipinski definition) is 2. The molecular formula is C16H20N2O. The average molecular weight is 256 g/mol. The Kier molecular flexibility index (Phi) is 4.42. The lowest BCUT2D eigenvalue weighted by Crippen LogP contribution is -2.22. The lowest BCUT2D eigenvalue weighted by molar-refractivity contribution is 0.282. The Balaban J connectivity index is 2.17. The summed E-state index contributed by atoms with van der Waals surface area (Å²) in [6, 6.07) is 15.9. The van der Waals surface area contributed by atoms with Crippen molar-refractivity contribution in [1.82, 2.24) is 0 Å². The highest BCUT2D eigenvalue weighted by Gasteiger charge is 2.08. The molecule has 0 aliphatic carbocycles. The number of hydrogen-bond acceptors (Lipinski definition) is 3. The van der Waals surface area contributed by atoms with Crippen molar-refractivity contribution in [2.45, 2.75) is 20.1 Å². The number of aliphatic hydroxyl groups excluding tert-OH is 1. The van der Waals surface area contributed by atoms with Crippen molar-refractivity contribution in [3.05, 3.63) is 59.7 Å². The van der Waals surface area contributed by atoms with Gasteiger partial charge in [0.1, 0.15) is 0 Å². The molecule has 0 aliphatic rings. The average Bonchev–Trinajstić information content (AvgIpc) is 2.46. The largest absolute Gasteiger partial charge is 0.397 e. The molecule has 0 atom stereocenters. The SMILES string of the molecule is CCN(Cc1ccc(CO)cc1)c1ccccc1N. The number of nitrogens with two attached hydrogens (primary N) is 1. The van der Waals surface area contributed by atoms with Gasteiger partial charge in [-0.25, -0.2) is 0 Å². The van der Waals surface area contributed by atoms with Crippen LogP contribution in [0, 0.1) is 0 Å². The van der Waals surface area contributed by atoms with Gasteiger partial charge in [-0.2, -0.15) is 0 Å².